The maximum atomic E-state index is 5.83. The van der Waals surface area contributed by atoms with E-state index in [0.717, 1.165) is 29.0 Å². The summed E-state index contributed by atoms with van der Waals surface area (Å²) in [6.45, 7) is 3.92. The Kier molecular flexibility index (Phi) is 3.06. The Hall–Kier alpha value is -1.61. The normalized spacial score (nSPS) is 12.7. The van der Waals surface area contributed by atoms with Gasteiger partial charge in [-0.3, -0.25) is 0 Å². The van der Waals surface area contributed by atoms with E-state index in [4.69, 9.17) is 10.3 Å². The van der Waals surface area contributed by atoms with E-state index in [0.29, 0.717) is 0 Å². The summed E-state index contributed by atoms with van der Waals surface area (Å²) in [5.41, 5.74) is 8.93. The molecule has 0 spiro atoms. The second kappa shape index (κ2) is 4.49. The zero-order valence-electron chi connectivity index (χ0n) is 9.60. The van der Waals surface area contributed by atoms with E-state index < -0.39 is 0 Å². The fraction of sp³-hybridized carbons (Fsp3) is 0.308. The molecule has 3 heteroatoms. The molecule has 0 bridgehead atoms. The van der Waals surface area contributed by atoms with Crippen LogP contribution in [0.15, 0.2) is 34.9 Å². The van der Waals surface area contributed by atoms with E-state index >= 15 is 0 Å². The first-order valence-corrected chi connectivity index (χ1v) is 5.44. The van der Waals surface area contributed by atoms with Crippen LogP contribution in [0.5, 0.6) is 0 Å². The average molecular weight is 216 g/mol. The summed E-state index contributed by atoms with van der Waals surface area (Å²) in [4.78, 5) is 0. The van der Waals surface area contributed by atoms with Crippen molar-refractivity contribution in [2.24, 2.45) is 5.73 Å². The average Bonchev–Trinajstić information content (AvgIpc) is 2.61. The first kappa shape index (κ1) is 10.9. The van der Waals surface area contributed by atoms with Gasteiger partial charge in [-0.2, -0.15) is 0 Å². The fourth-order valence-corrected chi connectivity index (χ4v) is 1.78. The van der Waals surface area contributed by atoms with Gasteiger partial charge in [0.15, 0.2) is 0 Å². The van der Waals surface area contributed by atoms with Crippen molar-refractivity contribution in [1.29, 1.82) is 0 Å². The van der Waals surface area contributed by atoms with Crippen molar-refractivity contribution in [1.82, 2.24) is 5.16 Å². The molecule has 0 aliphatic rings. The Morgan fingerprint density at radius 3 is 2.62 bits per heavy atom. The number of nitrogens with zero attached hydrogens (tertiary/aromatic N) is 1. The molecule has 1 unspecified atom stereocenters. The number of aromatic nitrogens is 1. The molecule has 0 saturated heterocycles. The summed E-state index contributed by atoms with van der Waals surface area (Å²) in [5, 5.41) is 4.11. The number of aryl methyl sites for hydroxylation is 1. The van der Waals surface area contributed by atoms with Gasteiger partial charge in [-0.15, -0.1) is 0 Å². The minimum absolute atomic E-state index is 0.112. The van der Waals surface area contributed by atoms with Crippen LogP contribution in [-0.2, 0) is 6.42 Å². The highest BCUT2D eigenvalue weighted by atomic mass is 16.5. The molecule has 0 aliphatic heterocycles. The van der Waals surface area contributed by atoms with Gasteiger partial charge < -0.3 is 10.3 Å². The molecule has 1 heterocycles. The fourth-order valence-electron chi connectivity index (χ4n) is 1.78. The van der Waals surface area contributed by atoms with Gasteiger partial charge in [0.05, 0.1) is 0 Å². The third-order valence-electron chi connectivity index (χ3n) is 2.56. The standard InChI is InChI=1S/C13H16N2O/c1-9(14)8-12-10(2)16-15-13(12)11-6-4-3-5-7-11/h3-7,9H,8,14H2,1-2H3. The molecule has 1 aromatic carbocycles. The van der Waals surface area contributed by atoms with Crippen molar-refractivity contribution in [2.75, 3.05) is 0 Å². The van der Waals surface area contributed by atoms with Crippen molar-refractivity contribution < 1.29 is 4.52 Å². The number of benzene rings is 1. The van der Waals surface area contributed by atoms with E-state index in [2.05, 4.69) is 5.16 Å². The van der Waals surface area contributed by atoms with Crippen LogP contribution in [-0.4, -0.2) is 11.2 Å². The molecule has 2 N–H and O–H groups in total. The summed E-state index contributed by atoms with van der Waals surface area (Å²) < 4.78 is 5.25. The van der Waals surface area contributed by atoms with Gasteiger partial charge >= 0.3 is 0 Å². The van der Waals surface area contributed by atoms with E-state index in [1.165, 1.54) is 0 Å². The molecule has 3 nitrogen and oxygen atoms in total. The zero-order chi connectivity index (χ0) is 11.5. The predicted octanol–water partition coefficient (Wildman–Crippen LogP) is 2.54. The number of hydrogen-bond acceptors (Lipinski definition) is 3. The van der Waals surface area contributed by atoms with Gasteiger partial charge in [0.2, 0.25) is 0 Å². The van der Waals surface area contributed by atoms with Crippen LogP contribution in [0.1, 0.15) is 18.2 Å². The molecule has 0 amide bonds. The molecule has 2 aromatic rings. The lowest BCUT2D eigenvalue weighted by Crippen LogP contribution is -2.18. The van der Waals surface area contributed by atoms with E-state index in [1.54, 1.807) is 0 Å². The quantitative estimate of drug-likeness (QED) is 0.857. The highest BCUT2D eigenvalue weighted by molar-refractivity contribution is 5.63. The van der Waals surface area contributed by atoms with Gasteiger partial charge in [-0.05, 0) is 20.3 Å². The lowest BCUT2D eigenvalue weighted by molar-refractivity contribution is 0.397. The van der Waals surface area contributed by atoms with E-state index in [-0.39, 0.29) is 6.04 Å². The molecule has 1 atom stereocenters. The molecule has 0 saturated carbocycles. The second-order valence-electron chi connectivity index (χ2n) is 4.11. The van der Waals surface area contributed by atoms with E-state index in [1.807, 2.05) is 44.2 Å². The van der Waals surface area contributed by atoms with Crippen molar-refractivity contribution in [3.05, 3.63) is 41.7 Å². The van der Waals surface area contributed by atoms with Crippen LogP contribution >= 0.6 is 0 Å². The molecular formula is C13H16N2O. The van der Waals surface area contributed by atoms with Gasteiger partial charge in [0, 0.05) is 17.2 Å². The van der Waals surface area contributed by atoms with Gasteiger partial charge in [0.1, 0.15) is 11.5 Å². The van der Waals surface area contributed by atoms with Gasteiger partial charge in [-0.25, -0.2) is 0 Å². The lowest BCUT2D eigenvalue weighted by atomic mass is 10.0. The van der Waals surface area contributed by atoms with Crippen molar-refractivity contribution in [2.45, 2.75) is 26.3 Å². The van der Waals surface area contributed by atoms with Crippen LogP contribution in [0.2, 0.25) is 0 Å². The highest BCUT2D eigenvalue weighted by Crippen LogP contribution is 2.25. The molecule has 2 rings (SSSR count). The summed E-state index contributed by atoms with van der Waals surface area (Å²) in [7, 11) is 0. The second-order valence-corrected chi connectivity index (χ2v) is 4.11. The maximum absolute atomic E-state index is 5.83. The Labute approximate surface area is 95.3 Å². The Bertz CT molecular complexity index is 460. The molecule has 0 fully saturated rings. The van der Waals surface area contributed by atoms with Crippen LogP contribution in [0.4, 0.5) is 0 Å². The SMILES string of the molecule is Cc1onc(-c2ccccc2)c1CC(C)N. The molecule has 0 radical (unpaired) electrons. The van der Waals surface area contributed by atoms with Crippen molar-refractivity contribution in [3.63, 3.8) is 0 Å². The van der Waals surface area contributed by atoms with Gasteiger partial charge in [0.25, 0.3) is 0 Å². The third-order valence-corrected chi connectivity index (χ3v) is 2.56. The Morgan fingerprint density at radius 1 is 1.31 bits per heavy atom. The smallest absolute Gasteiger partial charge is 0.137 e. The van der Waals surface area contributed by atoms with Crippen LogP contribution < -0.4 is 5.73 Å². The number of nitrogens with two attached hydrogens (primary N) is 1. The van der Waals surface area contributed by atoms with Crippen LogP contribution in [0.3, 0.4) is 0 Å². The predicted molar refractivity (Wildman–Crippen MR) is 64.0 cm³/mol. The van der Waals surface area contributed by atoms with E-state index in [9.17, 15) is 0 Å². The molecule has 16 heavy (non-hydrogen) atoms. The largest absolute Gasteiger partial charge is 0.361 e. The topological polar surface area (TPSA) is 52.0 Å². The maximum Gasteiger partial charge on any atom is 0.137 e. The van der Waals surface area contributed by atoms with Crippen molar-refractivity contribution in [3.8, 4) is 11.3 Å². The lowest BCUT2D eigenvalue weighted by Gasteiger charge is -2.05. The minimum Gasteiger partial charge on any atom is -0.361 e. The van der Waals surface area contributed by atoms with Crippen molar-refractivity contribution >= 4 is 0 Å². The highest BCUT2D eigenvalue weighted by Gasteiger charge is 2.15. The molecule has 1 aromatic heterocycles. The summed E-state index contributed by atoms with van der Waals surface area (Å²) in [6.07, 6.45) is 0.791. The number of hydrogen-bond donors (Lipinski definition) is 1. The first-order chi connectivity index (χ1) is 7.68. The van der Waals surface area contributed by atoms with Crippen LogP contribution in [0, 0.1) is 6.92 Å². The summed E-state index contributed by atoms with van der Waals surface area (Å²) >= 11 is 0. The Balaban J connectivity index is 2.42. The molecular weight excluding hydrogens is 200 g/mol. The zero-order valence-corrected chi connectivity index (χ0v) is 9.60. The Morgan fingerprint density at radius 2 is 2.00 bits per heavy atom. The third kappa shape index (κ3) is 2.14. The molecule has 0 aliphatic carbocycles. The minimum atomic E-state index is 0.112. The summed E-state index contributed by atoms with van der Waals surface area (Å²) in [5.74, 6) is 0.858. The first-order valence-electron chi connectivity index (χ1n) is 5.44. The monoisotopic (exact) mass is 216 g/mol. The molecule has 84 valence electrons. The summed E-state index contributed by atoms with van der Waals surface area (Å²) in [6, 6.07) is 10.1. The number of rotatable bonds is 3. The van der Waals surface area contributed by atoms with Gasteiger partial charge in [-0.1, -0.05) is 35.5 Å². The van der Waals surface area contributed by atoms with Crippen LogP contribution in [0.25, 0.3) is 11.3 Å².